The zero-order valence-electron chi connectivity index (χ0n) is 13.2. The van der Waals surface area contributed by atoms with E-state index in [2.05, 4.69) is 16.0 Å². The molecule has 0 bridgehead atoms. The molecule has 1 aromatic heterocycles. The Labute approximate surface area is 137 Å². The zero-order valence-corrected chi connectivity index (χ0v) is 13.2. The molecule has 0 aliphatic carbocycles. The Bertz CT molecular complexity index is 622. The minimum absolute atomic E-state index is 0.689. The monoisotopic (exact) mass is 310 g/mol. The summed E-state index contributed by atoms with van der Waals surface area (Å²) in [6.07, 6.45) is 5.85. The first-order valence-corrected chi connectivity index (χ1v) is 8.03. The van der Waals surface area contributed by atoms with Gasteiger partial charge in [0.25, 0.3) is 0 Å². The van der Waals surface area contributed by atoms with E-state index >= 15 is 0 Å². The molecule has 3 rings (SSSR count). The van der Waals surface area contributed by atoms with Crippen molar-refractivity contribution < 1.29 is 9.47 Å². The predicted octanol–water partition coefficient (Wildman–Crippen LogP) is 2.96. The molecule has 120 valence electrons. The normalized spacial score (nSPS) is 15.8. The lowest BCUT2D eigenvalue weighted by atomic mass is 10.1. The molecule has 0 radical (unpaired) electrons. The Morgan fingerprint density at radius 2 is 1.87 bits per heavy atom. The first-order chi connectivity index (χ1) is 11.4. The lowest BCUT2D eigenvalue weighted by Crippen LogP contribution is -2.38. The first kappa shape index (κ1) is 15.7. The van der Waals surface area contributed by atoms with E-state index in [1.165, 1.54) is 0 Å². The molecule has 4 nitrogen and oxygen atoms in total. The molecule has 2 heterocycles. The van der Waals surface area contributed by atoms with Gasteiger partial charge in [0.1, 0.15) is 12.4 Å². The molecule has 0 amide bonds. The van der Waals surface area contributed by atoms with Gasteiger partial charge in [0.15, 0.2) is 0 Å². The van der Waals surface area contributed by atoms with Gasteiger partial charge in [-0.15, -0.1) is 0 Å². The Hall–Kier alpha value is -2.17. The van der Waals surface area contributed by atoms with Crippen molar-refractivity contribution in [3.8, 4) is 5.75 Å². The largest absolute Gasteiger partial charge is 0.492 e. The van der Waals surface area contributed by atoms with E-state index in [9.17, 15) is 0 Å². The first-order valence-electron chi connectivity index (χ1n) is 8.03. The molecule has 1 aromatic carbocycles. The van der Waals surface area contributed by atoms with Crippen molar-refractivity contribution in [1.82, 2.24) is 9.88 Å². The van der Waals surface area contributed by atoms with E-state index < -0.39 is 0 Å². The van der Waals surface area contributed by atoms with Crippen LogP contribution in [0.3, 0.4) is 0 Å². The molecule has 1 aliphatic heterocycles. The number of benzene rings is 1. The fourth-order valence-electron chi connectivity index (χ4n) is 2.51. The molecular weight excluding hydrogens is 288 g/mol. The average Bonchev–Trinajstić information content (AvgIpc) is 2.63. The van der Waals surface area contributed by atoms with Crippen LogP contribution < -0.4 is 4.74 Å². The third-order valence-corrected chi connectivity index (χ3v) is 3.81. The zero-order chi connectivity index (χ0) is 15.7. The van der Waals surface area contributed by atoms with E-state index in [0.717, 1.165) is 49.9 Å². The van der Waals surface area contributed by atoms with Crippen LogP contribution in [-0.2, 0) is 4.74 Å². The van der Waals surface area contributed by atoms with Gasteiger partial charge in [-0.3, -0.25) is 9.88 Å². The van der Waals surface area contributed by atoms with Gasteiger partial charge in [0.2, 0.25) is 0 Å². The van der Waals surface area contributed by atoms with Gasteiger partial charge in [0.05, 0.1) is 18.9 Å². The summed E-state index contributed by atoms with van der Waals surface area (Å²) in [4.78, 5) is 6.67. The second-order valence-corrected chi connectivity index (χ2v) is 5.43. The smallest absolute Gasteiger partial charge is 0.126 e. The van der Waals surface area contributed by atoms with Crippen LogP contribution in [0, 0.1) is 0 Å². The predicted molar refractivity (Wildman–Crippen MR) is 92.4 cm³/mol. The van der Waals surface area contributed by atoms with Crippen LogP contribution in [0.4, 0.5) is 0 Å². The summed E-state index contributed by atoms with van der Waals surface area (Å²) in [6.45, 7) is 5.25. The molecule has 0 atom stereocenters. The van der Waals surface area contributed by atoms with Crippen molar-refractivity contribution in [2.24, 2.45) is 0 Å². The van der Waals surface area contributed by atoms with Crippen LogP contribution in [0.1, 0.15) is 11.3 Å². The number of rotatable bonds is 6. The van der Waals surface area contributed by atoms with E-state index in [-0.39, 0.29) is 0 Å². The van der Waals surface area contributed by atoms with E-state index in [4.69, 9.17) is 9.47 Å². The van der Waals surface area contributed by atoms with Gasteiger partial charge in [-0.1, -0.05) is 24.3 Å². The molecule has 23 heavy (non-hydrogen) atoms. The SMILES string of the molecule is C(=C/c1ccccc1OCCN1CCOCC1)/c1ccccn1. The molecule has 0 spiro atoms. The molecule has 0 saturated carbocycles. The van der Waals surface area contributed by atoms with Crippen molar-refractivity contribution in [3.63, 3.8) is 0 Å². The maximum atomic E-state index is 5.97. The van der Waals surface area contributed by atoms with Gasteiger partial charge in [-0.25, -0.2) is 0 Å². The number of morpholine rings is 1. The number of aromatic nitrogens is 1. The quantitative estimate of drug-likeness (QED) is 0.821. The molecule has 1 saturated heterocycles. The van der Waals surface area contributed by atoms with E-state index in [1.807, 2.05) is 48.6 Å². The van der Waals surface area contributed by atoms with Crippen LogP contribution in [0.5, 0.6) is 5.75 Å². The minimum Gasteiger partial charge on any atom is -0.492 e. The van der Waals surface area contributed by atoms with Crippen molar-refractivity contribution in [2.75, 3.05) is 39.5 Å². The van der Waals surface area contributed by atoms with Crippen LogP contribution in [0.15, 0.2) is 48.7 Å². The third-order valence-electron chi connectivity index (χ3n) is 3.81. The number of ether oxygens (including phenoxy) is 2. The number of hydrogen-bond acceptors (Lipinski definition) is 4. The summed E-state index contributed by atoms with van der Waals surface area (Å²) in [7, 11) is 0. The number of para-hydroxylation sites is 1. The Morgan fingerprint density at radius 1 is 1.04 bits per heavy atom. The summed E-state index contributed by atoms with van der Waals surface area (Å²) < 4.78 is 11.3. The Morgan fingerprint density at radius 3 is 2.70 bits per heavy atom. The standard InChI is InChI=1S/C19H22N2O2/c1-2-7-19(23-16-13-21-11-14-22-15-12-21)17(5-1)8-9-18-6-3-4-10-20-18/h1-10H,11-16H2/b9-8-. The van der Waals surface area contributed by atoms with Gasteiger partial charge in [-0.2, -0.15) is 0 Å². The molecule has 4 heteroatoms. The Balaban J connectivity index is 1.58. The fraction of sp³-hybridized carbons (Fsp3) is 0.316. The topological polar surface area (TPSA) is 34.6 Å². The highest BCUT2D eigenvalue weighted by molar-refractivity contribution is 5.71. The van der Waals surface area contributed by atoms with Crippen molar-refractivity contribution >= 4 is 12.2 Å². The van der Waals surface area contributed by atoms with Gasteiger partial charge in [-0.05, 0) is 30.4 Å². The van der Waals surface area contributed by atoms with E-state index in [0.29, 0.717) is 6.61 Å². The molecule has 1 aliphatic rings. The second kappa shape index (κ2) is 8.46. The van der Waals surface area contributed by atoms with Gasteiger partial charge < -0.3 is 9.47 Å². The maximum absolute atomic E-state index is 5.97. The van der Waals surface area contributed by atoms with Crippen LogP contribution in [0.25, 0.3) is 12.2 Å². The van der Waals surface area contributed by atoms with Gasteiger partial charge in [0, 0.05) is 31.4 Å². The number of pyridine rings is 1. The van der Waals surface area contributed by atoms with Crippen molar-refractivity contribution in [2.45, 2.75) is 0 Å². The minimum atomic E-state index is 0.689. The van der Waals surface area contributed by atoms with Crippen molar-refractivity contribution in [1.29, 1.82) is 0 Å². The highest BCUT2D eigenvalue weighted by atomic mass is 16.5. The summed E-state index contributed by atoms with van der Waals surface area (Å²) >= 11 is 0. The number of hydrogen-bond donors (Lipinski definition) is 0. The summed E-state index contributed by atoms with van der Waals surface area (Å²) in [5.74, 6) is 0.910. The highest BCUT2D eigenvalue weighted by Gasteiger charge is 2.10. The Kier molecular flexibility index (Phi) is 5.78. The molecular formula is C19H22N2O2. The summed E-state index contributed by atoms with van der Waals surface area (Å²) in [6, 6.07) is 14.0. The molecule has 0 N–H and O–H groups in total. The fourth-order valence-corrected chi connectivity index (χ4v) is 2.51. The van der Waals surface area contributed by atoms with Crippen LogP contribution in [0.2, 0.25) is 0 Å². The lowest BCUT2D eigenvalue weighted by Gasteiger charge is -2.26. The third kappa shape index (κ3) is 4.91. The summed E-state index contributed by atoms with van der Waals surface area (Å²) in [5.41, 5.74) is 2.01. The second-order valence-electron chi connectivity index (χ2n) is 5.43. The molecule has 0 unspecified atom stereocenters. The average molecular weight is 310 g/mol. The van der Waals surface area contributed by atoms with Crippen LogP contribution >= 0.6 is 0 Å². The summed E-state index contributed by atoms with van der Waals surface area (Å²) in [5, 5.41) is 0. The molecule has 1 fully saturated rings. The van der Waals surface area contributed by atoms with Crippen LogP contribution in [-0.4, -0.2) is 49.3 Å². The molecule has 2 aromatic rings. The highest BCUT2D eigenvalue weighted by Crippen LogP contribution is 2.20. The lowest BCUT2D eigenvalue weighted by molar-refractivity contribution is 0.0322. The van der Waals surface area contributed by atoms with Crippen molar-refractivity contribution in [3.05, 3.63) is 59.9 Å². The van der Waals surface area contributed by atoms with E-state index in [1.54, 1.807) is 6.20 Å². The van der Waals surface area contributed by atoms with Gasteiger partial charge >= 0.3 is 0 Å². The number of nitrogens with zero attached hydrogens (tertiary/aromatic N) is 2. The maximum Gasteiger partial charge on any atom is 0.126 e.